The Bertz CT molecular complexity index is 356. The van der Waals surface area contributed by atoms with E-state index < -0.39 is 24.5 Å². The van der Waals surface area contributed by atoms with E-state index in [-0.39, 0.29) is 12.6 Å². The molecule has 0 radical (unpaired) electrons. The van der Waals surface area contributed by atoms with Crippen molar-refractivity contribution in [1.29, 1.82) is 0 Å². The third-order valence-corrected chi connectivity index (χ3v) is 4.45. The van der Waals surface area contributed by atoms with Gasteiger partial charge in [0.05, 0.1) is 0 Å². The summed E-state index contributed by atoms with van der Waals surface area (Å²) < 4.78 is 37.8. The molecule has 0 aromatic rings. The van der Waals surface area contributed by atoms with Crippen molar-refractivity contribution in [3.8, 4) is 0 Å². The zero-order valence-corrected chi connectivity index (χ0v) is 12.2. The summed E-state index contributed by atoms with van der Waals surface area (Å²) >= 11 is 0. The van der Waals surface area contributed by atoms with Crippen LogP contribution in [-0.4, -0.2) is 42.3 Å². The Labute approximate surface area is 123 Å². The van der Waals surface area contributed by atoms with Crippen LogP contribution in [0.5, 0.6) is 0 Å². The number of piperidine rings is 1. The lowest BCUT2D eigenvalue weighted by atomic mass is 9.89. The van der Waals surface area contributed by atoms with E-state index in [0.717, 1.165) is 25.7 Å². The van der Waals surface area contributed by atoms with Gasteiger partial charge in [-0.2, -0.15) is 13.2 Å². The second kappa shape index (κ2) is 6.85. The van der Waals surface area contributed by atoms with E-state index in [1.165, 1.54) is 11.3 Å². The Morgan fingerprint density at radius 1 is 1.14 bits per heavy atom. The van der Waals surface area contributed by atoms with E-state index in [9.17, 15) is 18.0 Å². The fourth-order valence-corrected chi connectivity index (χ4v) is 3.58. The van der Waals surface area contributed by atoms with E-state index in [1.54, 1.807) is 0 Å². The number of primary amides is 1. The van der Waals surface area contributed by atoms with Gasteiger partial charge < -0.3 is 16.0 Å². The maximum Gasteiger partial charge on any atom is 0.389 e. The van der Waals surface area contributed by atoms with E-state index in [0.29, 0.717) is 19.0 Å². The van der Waals surface area contributed by atoms with Gasteiger partial charge in [-0.3, -0.25) is 0 Å². The summed E-state index contributed by atoms with van der Waals surface area (Å²) in [5.41, 5.74) is 5.27. The summed E-state index contributed by atoms with van der Waals surface area (Å²) in [5, 5.41) is 3.44. The van der Waals surface area contributed by atoms with Crippen molar-refractivity contribution < 1.29 is 18.0 Å². The van der Waals surface area contributed by atoms with Crippen LogP contribution in [0.2, 0.25) is 0 Å². The molecule has 0 aromatic carbocycles. The molecule has 1 saturated carbocycles. The molecule has 2 atom stereocenters. The minimum Gasteiger partial charge on any atom is -0.351 e. The van der Waals surface area contributed by atoms with Gasteiger partial charge in [-0.25, -0.2) is 4.79 Å². The van der Waals surface area contributed by atoms with Gasteiger partial charge in [0.1, 0.15) is 0 Å². The highest BCUT2D eigenvalue weighted by molar-refractivity contribution is 5.72. The molecular weight excluding hydrogens is 283 g/mol. The van der Waals surface area contributed by atoms with Crippen molar-refractivity contribution >= 4 is 6.03 Å². The minimum atomic E-state index is -4.19. The van der Waals surface area contributed by atoms with Crippen molar-refractivity contribution in [2.75, 3.05) is 13.1 Å². The van der Waals surface area contributed by atoms with Crippen LogP contribution in [0.3, 0.4) is 0 Å². The molecule has 21 heavy (non-hydrogen) atoms. The molecule has 4 nitrogen and oxygen atoms in total. The van der Waals surface area contributed by atoms with E-state index in [4.69, 9.17) is 5.73 Å². The Morgan fingerprint density at radius 2 is 1.81 bits per heavy atom. The lowest BCUT2D eigenvalue weighted by molar-refractivity contribution is -0.148. The molecule has 1 heterocycles. The normalized spacial score (nSPS) is 28.6. The maximum absolute atomic E-state index is 12.6. The average Bonchev–Trinajstić information content (AvgIpc) is 2.37. The number of rotatable bonds is 3. The molecule has 2 amide bonds. The molecule has 2 unspecified atom stereocenters. The molecule has 2 fully saturated rings. The number of alkyl halides is 3. The standard InChI is InChI=1S/C14H24F3N3O/c15-14(16,17)7-10-6-12(9-20(8-10)13(18)21)19-11-4-2-1-3-5-11/h10-12,19H,1-9H2,(H2,18,21). The lowest BCUT2D eigenvalue weighted by Crippen LogP contribution is -2.55. The van der Waals surface area contributed by atoms with Crippen molar-refractivity contribution in [3.63, 3.8) is 0 Å². The third-order valence-electron chi connectivity index (χ3n) is 4.45. The first-order valence-corrected chi connectivity index (χ1v) is 7.70. The Kier molecular flexibility index (Phi) is 5.35. The van der Waals surface area contributed by atoms with Gasteiger partial charge in [-0.15, -0.1) is 0 Å². The number of carbonyl (C=O) groups excluding carboxylic acids is 1. The first-order valence-electron chi connectivity index (χ1n) is 7.70. The molecule has 3 N–H and O–H groups in total. The molecule has 2 aliphatic rings. The number of likely N-dealkylation sites (tertiary alicyclic amines) is 1. The summed E-state index contributed by atoms with van der Waals surface area (Å²) in [5.74, 6) is -0.563. The van der Waals surface area contributed by atoms with Crippen molar-refractivity contribution in [2.24, 2.45) is 11.7 Å². The van der Waals surface area contributed by atoms with Crippen LogP contribution in [0, 0.1) is 5.92 Å². The van der Waals surface area contributed by atoms with Gasteiger partial charge in [0.2, 0.25) is 0 Å². The second-order valence-electron chi connectivity index (χ2n) is 6.36. The highest BCUT2D eigenvalue weighted by Gasteiger charge is 2.37. The summed E-state index contributed by atoms with van der Waals surface area (Å²) in [6.45, 7) is 0.526. The number of hydrogen-bond acceptors (Lipinski definition) is 2. The fraction of sp³-hybridized carbons (Fsp3) is 0.929. The van der Waals surface area contributed by atoms with Gasteiger partial charge in [0.25, 0.3) is 0 Å². The molecular formula is C14H24F3N3O. The Morgan fingerprint density at radius 3 is 2.38 bits per heavy atom. The minimum absolute atomic E-state index is 0.0818. The molecule has 2 rings (SSSR count). The van der Waals surface area contributed by atoms with Gasteiger partial charge in [-0.05, 0) is 25.2 Å². The summed E-state index contributed by atoms with van der Waals surface area (Å²) in [7, 11) is 0. The highest BCUT2D eigenvalue weighted by atomic mass is 19.4. The zero-order chi connectivity index (χ0) is 15.5. The number of hydrogen-bond donors (Lipinski definition) is 2. The summed E-state index contributed by atoms with van der Waals surface area (Å²) in [6, 6.07) is -0.345. The van der Waals surface area contributed by atoms with Crippen LogP contribution in [-0.2, 0) is 0 Å². The number of halogens is 3. The number of urea groups is 1. The van der Waals surface area contributed by atoms with E-state index in [2.05, 4.69) is 5.32 Å². The van der Waals surface area contributed by atoms with Crippen molar-refractivity contribution in [2.45, 2.75) is 63.2 Å². The predicted molar refractivity (Wildman–Crippen MR) is 73.7 cm³/mol. The van der Waals surface area contributed by atoms with Crippen LogP contribution in [0.1, 0.15) is 44.9 Å². The van der Waals surface area contributed by atoms with Gasteiger partial charge in [0.15, 0.2) is 0 Å². The van der Waals surface area contributed by atoms with Crippen molar-refractivity contribution in [1.82, 2.24) is 10.2 Å². The average molecular weight is 307 g/mol. The molecule has 1 saturated heterocycles. The maximum atomic E-state index is 12.6. The predicted octanol–water partition coefficient (Wildman–Crippen LogP) is 2.63. The van der Waals surface area contributed by atoms with E-state index >= 15 is 0 Å². The van der Waals surface area contributed by atoms with Crippen LogP contribution < -0.4 is 11.1 Å². The molecule has 122 valence electrons. The SMILES string of the molecule is NC(=O)N1CC(CC(F)(F)F)CC(NC2CCCCC2)C1. The second-order valence-corrected chi connectivity index (χ2v) is 6.36. The Hall–Kier alpha value is -0.980. The number of nitrogens with two attached hydrogens (primary N) is 1. The topological polar surface area (TPSA) is 58.4 Å². The summed E-state index contributed by atoms with van der Waals surface area (Å²) in [6.07, 6.45) is 1.10. The van der Waals surface area contributed by atoms with Crippen LogP contribution in [0.25, 0.3) is 0 Å². The van der Waals surface area contributed by atoms with Gasteiger partial charge in [-0.1, -0.05) is 19.3 Å². The Balaban J connectivity index is 1.93. The number of carbonyl (C=O) groups is 1. The highest BCUT2D eigenvalue weighted by Crippen LogP contribution is 2.31. The molecule has 0 spiro atoms. The summed E-state index contributed by atoms with van der Waals surface area (Å²) in [4.78, 5) is 12.7. The number of nitrogens with one attached hydrogen (secondary N) is 1. The van der Waals surface area contributed by atoms with Crippen LogP contribution in [0.4, 0.5) is 18.0 Å². The quantitative estimate of drug-likeness (QED) is 0.842. The molecule has 7 heteroatoms. The number of amides is 2. The smallest absolute Gasteiger partial charge is 0.351 e. The van der Waals surface area contributed by atoms with Crippen LogP contribution in [0.15, 0.2) is 0 Å². The molecule has 0 bridgehead atoms. The molecule has 1 aliphatic carbocycles. The third kappa shape index (κ3) is 5.37. The first-order chi connectivity index (χ1) is 9.83. The van der Waals surface area contributed by atoms with Gasteiger partial charge >= 0.3 is 12.2 Å². The monoisotopic (exact) mass is 307 g/mol. The zero-order valence-electron chi connectivity index (χ0n) is 12.2. The number of nitrogens with zero attached hydrogens (tertiary/aromatic N) is 1. The molecule has 1 aliphatic heterocycles. The molecule has 0 aromatic heterocycles. The fourth-order valence-electron chi connectivity index (χ4n) is 3.58. The lowest BCUT2D eigenvalue weighted by Gasteiger charge is -2.39. The van der Waals surface area contributed by atoms with Crippen LogP contribution >= 0.6 is 0 Å². The van der Waals surface area contributed by atoms with E-state index in [1.807, 2.05) is 0 Å². The van der Waals surface area contributed by atoms with Crippen molar-refractivity contribution in [3.05, 3.63) is 0 Å². The van der Waals surface area contributed by atoms with Gasteiger partial charge in [0, 0.05) is 31.6 Å². The largest absolute Gasteiger partial charge is 0.389 e. The first kappa shape index (κ1) is 16.4.